The third-order valence-electron chi connectivity index (χ3n) is 4.64. The second-order valence-corrected chi connectivity index (χ2v) is 7.74. The van der Waals surface area contributed by atoms with Crippen molar-refractivity contribution in [2.45, 2.75) is 39.6 Å². The molecule has 0 saturated carbocycles. The Labute approximate surface area is 189 Å². The normalized spacial score (nSPS) is 12.1. The molecule has 178 valence electrons. The van der Waals surface area contributed by atoms with Crippen LogP contribution in [-0.2, 0) is 16.1 Å². The van der Waals surface area contributed by atoms with Crippen LogP contribution in [0.1, 0.15) is 35.3 Å². The molecule has 7 nitrogen and oxygen atoms in total. The summed E-state index contributed by atoms with van der Waals surface area (Å²) in [5.41, 5.74) is 1.57. The maximum atomic E-state index is 12.8. The van der Waals surface area contributed by atoms with Gasteiger partial charge in [0.2, 0.25) is 5.91 Å². The monoisotopic (exact) mass is 465 g/mol. The summed E-state index contributed by atoms with van der Waals surface area (Å²) in [6, 6.07) is 12.2. The molecule has 0 heterocycles. The highest BCUT2D eigenvalue weighted by atomic mass is 19.4. The summed E-state index contributed by atoms with van der Waals surface area (Å²) < 4.78 is 42.2. The molecule has 33 heavy (non-hydrogen) atoms. The number of carbonyl (C=O) groups is 3. The second kappa shape index (κ2) is 11.3. The smallest absolute Gasteiger partial charge is 0.408 e. The van der Waals surface area contributed by atoms with E-state index in [0.717, 1.165) is 5.56 Å². The minimum absolute atomic E-state index is 0.0350. The topological polar surface area (TPSA) is 96.5 Å². The molecular weight excluding hydrogens is 439 g/mol. The first kappa shape index (κ1) is 25.7. The number of alkyl halides is 3. The van der Waals surface area contributed by atoms with Crippen molar-refractivity contribution in [3.8, 4) is 0 Å². The van der Waals surface area contributed by atoms with Crippen molar-refractivity contribution >= 4 is 23.6 Å². The van der Waals surface area contributed by atoms with Crippen molar-refractivity contribution in [2.24, 2.45) is 5.92 Å². The molecule has 0 aliphatic carbocycles. The van der Waals surface area contributed by atoms with E-state index in [4.69, 9.17) is 4.74 Å². The van der Waals surface area contributed by atoms with E-state index in [9.17, 15) is 27.6 Å². The molecule has 0 unspecified atom stereocenters. The molecule has 0 radical (unpaired) electrons. The van der Waals surface area contributed by atoms with E-state index < -0.39 is 36.7 Å². The van der Waals surface area contributed by atoms with Gasteiger partial charge in [-0.15, -0.1) is 0 Å². The fourth-order valence-corrected chi connectivity index (χ4v) is 2.82. The zero-order chi connectivity index (χ0) is 24.6. The molecule has 10 heteroatoms. The van der Waals surface area contributed by atoms with Crippen LogP contribution in [0.25, 0.3) is 0 Å². The van der Waals surface area contributed by atoms with Crippen LogP contribution in [0.15, 0.2) is 48.5 Å². The molecule has 0 fully saturated rings. The molecule has 0 saturated heterocycles. The van der Waals surface area contributed by atoms with Crippen LogP contribution in [0.5, 0.6) is 0 Å². The van der Waals surface area contributed by atoms with Crippen LogP contribution >= 0.6 is 0 Å². The van der Waals surface area contributed by atoms with Crippen molar-refractivity contribution in [1.29, 1.82) is 0 Å². The average molecular weight is 465 g/mol. The number of hydrogen-bond donors (Lipinski definition) is 3. The molecule has 2 aromatic carbocycles. The van der Waals surface area contributed by atoms with Gasteiger partial charge in [0.15, 0.2) is 0 Å². The summed E-state index contributed by atoms with van der Waals surface area (Å²) in [6.45, 7) is 3.70. The van der Waals surface area contributed by atoms with E-state index >= 15 is 0 Å². The Hall–Kier alpha value is -3.56. The van der Waals surface area contributed by atoms with Crippen molar-refractivity contribution in [1.82, 2.24) is 10.6 Å². The van der Waals surface area contributed by atoms with Gasteiger partial charge in [-0.3, -0.25) is 9.59 Å². The van der Waals surface area contributed by atoms with Crippen molar-refractivity contribution < 1.29 is 32.3 Å². The number of amides is 3. The van der Waals surface area contributed by atoms with Gasteiger partial charge in [-0.05, 0) is 36.1 Å². The number of nitrogens with one attached hydrogen (secondary N) is 3. The first-order valence-electron chi connectivity index (χ1n) is 10.2. The summed E-state index contributed by atoms with van der Waals surface area (Å²) in [6.07, 6.45) is -5.31. The summed E-state index contributed by atoms with van der Waals surface area (Å²) in [5.74, 6) is -1.78. The Morgan fingerprint density at radius 1 is 1.03 bits per heavy atom. The third kappa shape index (κ3) is 8.47. The Kier molecular flexibility index (Phi) is 8.84. The lowest BCUT2D eigenvalue weighted by molar-refractivity contribution is -0.123. The Balaban J connectivity index is 2.03. The molecule has 3 amide bonds. The van der Waals surface area contributed by atoms with E-state index in [2.05, 4.69) is 10.6 Å². The fraction of sp³-hybridized carbons (Fsp3) is 0.348. The number of carbonyl (C=O) groups excluding carboxylic acids is 3. The van der Waals surface area contributed by atoms with Crippen molar-refractivity contribution in [3.63, 3.8) is 0 Å². The van der Waals surface area contributed by atoms with E-state index in [1.807, 2.05) is 6.07 Å². The number of benzene rings is 2. The highest BCUT2D eigenvalue weighted by Gasteiger charge is 2.28. The molecule has 2 aromatic rings. The minimum atomic E-state index is -4.54. The molecular formula is C23H26F3N3O4. The zero-order valence-corrected chi connectivity index (χ0v) is 18.5. The number of ether oxygens (including phenoxy) is 1. The molecule has 0 aliphatic rings. The van der Waals surface area contributed by atoms with Crippen LogP contribution < -0.4 is 16.0 Å². The van der Waals surface area contributed by atoms with Gasteiger partial charge in [0.25, 0.3) is 5.91 Å². The summed E-state index contributed by atoms with van der Waals surface area (Å²) in [5, 5.41) is 6.93. The molecule has 2 rings (SSSR count). The SMILES string of the molecule is Cc1ccc(C(=O)NCC(F)(F)F)cc1NC(=O)[C@@H](NC(=O)OCc1ccccc1)C(C)C. The fourth-order valence-electron chi connectivity index (χ4n) is 2.82. The summed E-state index contributed by atoms with van der Waals surface area (Å²) in [4.78, 5) is 37.0. The third-order valence-corrected chi connectivity index (χ3v) is 4.64. The highest BCUT2D eigenvalue weighted by Crippen LogP contribution is 2.19. The number of anilines is 1. The quantitative estimate of drug-likeness (QED) is 0.545. The van der Waals surface area contributed by atoms with Crippen LogP contribution in [0.2, 0.25) is 0 Å². The van der Waals surface area contributed by atoms with Crippen LogP contribution in [-0.4, -0.2) is 36.7 Å². The number of hydrogen-bond acceptors (Lipinski definition) is 4. The molecule has 0 aromatic heterocycles. The maximum Gasteiger partial charge on any atom is 0.408 e. The van der Waals surface area contributed by atoms with Crippen LogP contribution in [0.3, 0.4) is 0 Å². The molecule has 0 bridgehead atoms. The van der Waals surface area contributed by atoms with Gasteiger partial charge in [-0.25, -0.2) is 4.79 Å². The second-order valence-electron chi connectivity index (χ2n) is 7.74. The lowest BCUT2D eigenvalue weighted by Gasteiger charge is -2.22. The minimum Gasteiger partial charge on any atom is -0.445 e. The molecule has 3 N–H and O–H groups in total. The van der Waals surface area contributed by atoms with Gasteiger partial charge in [-0.2, -0.15) is 13.2 Å². The lowest BCUT2D eigenvalue weighted by Crippen LogP contribution is -2.47. The summed E-state index contributed by atoms with van der Waals surface area (Å²) in [7, 11) is 0. The van der Waals surface area contributed by atoms with Gasteiger partial charge < -0.3 is 20.7 Å². The molecule has 0 aliphatic heterocycles. The zero-order valence-electron chi connectivity index (χ0n) is 18.5. The first-order valence-corrected chi connectivity index (χ1v) is 10.2. The van der Waals surface area contributed by atoms with E-state index in [0.29, 0.717) is 5.56 Å². The van der Waals surface area contributed by atoms with Crippen molar-refractivity contribution in [3.05, 3.63) is 65.2 Å². The lowest BCUT2D eigenvalue weighted by atomic mass is 10.0. The average Bonchev–Trinajstić information content (AvgIpc) is 2.75. The Morgan fingerprint density at radius 3 is 2.30 bits per heavy atom. The number of rotatable bonds is 8. The van der Waals surface area contributed by atoms with E-state index in [-0.39, 0.29) is 23.8 Å². The highest BCUT2D eigenvalue weighted by molar-refractivity contribution is 6.00. The van der Waals surface area contributed by atoms with Gasteiger partial charge in [0.1, 0.15) is 19.2 Å². The van der Waals surface area contributed by atoms with E-state index in [1.54, 1.807) is 50.4 Å². The first-order chi connectivity index (χ1) is 15.5. The molecule has 0 spiro atoms. The Morgan fingerprint density at radius 2 is 1.70 bits per heavy atom. The predicted molar refractivity (Wildman–Crippen MR) is 117 cm³/mol. The maximum absolute atomic E-state index is 12.8. The van der Waals surface area contributed by atoms with Gasteiger partial charge in [0, 0.05) is 11.3 Å². The molecule has 1 atom stereocenters. The Bertz CT molecular complexity index is 979. The number of halogens is 3. The number of alkyl carbamates (subject to hydrolysis) is 1. The van der Waals surface area contributed by atoms with E-state index in [1.165, 1.54) is 18.2 Å². The largest absolute Gasteiger partial charge is 0.445 e. The summed E-state index contributed by atoms with van der Waals surface area (Å²) >= 11 is 0. The van der Waals surface area contributed by atoms with Crippen molar-refractivity contribution in [2.75, 3.05) is 11.9 Å². The standard InChI is InChI=1S/C23H26F3N3O4/c1-14(2)19(29-22(32)33-12-16-7-5-4-6-8-16)21(31)28-18-11-17(10-9-15(18)3)20(30)27-13-23(24,25)26/h4-11,14,19H,12-13H2,1-3H3,(H,27,30)(H,28,31)(H,29,32)/t19-/m0/s1. The number of aryl methyl sites for hydroxylation is 1. The van der Waals surface area contributed by atoms with Crippen LogP contribution in [0, 0.1) is 12.8 Å². The van der Waals surface area contributed by atoms with Gasteiger partial charge >= 0.3 is 12.3 Å². The van der Waals surface area contributed by atoms with Crippen LogP contribution in [0.4, 0.5) is 23.7 Å². The predicted octanol–water partition coefficient (Wildman–Crippen LogP) is 4.18. The van der Waals surface area contributed by atoms with Gasteiger partial charge in [-0.1, -0.05) is 50.2 Å². The van der Waals surface area contributed by atoms with Gasteiger partial charge in [0.05, 0.1) is 0 Å².